The predicted molar refractivity (Wildman–Crippen MR) is 116 cm³/mol. The molecule has 1 atom stereocenters. The monoisotopic (exact) mass is 405 g/mol. The summed E-state index contributed by atoms with van der Waals surface area (Å²) in [6.07, 6.45) is 7.37. The molecule has 2 aromatic heterocycles. The van der Waals surface area contributed by atoms with Crippen molar-refractivity contribution in [2.45, 2.75) is 50.6 Å². The Bertz CT molecular complexity index is 1110. The summed E-state index contributed by atoms with van der Waals surface area (Å²) in [6.45, 7) is 1.86. The number of hydrogen-bond donors (Lipinski definition) is 0. The van der Waals surface area contributed by atoms with Crippen LogP contribution in [0.15, 0.2) is 41.5 Å². The van der Waals surface area contributed by atoms with Gasteiger partial charge >= 0.3 is 0 Å². The van der Waals surface area contributed by atoms with E-state index in [1.807, 2.05) is 24.3 Å². The highest BCUT2D eigenvalue weighted by Gasteiger charge is 2.32. The number of fused-ring (bicyclic) bond motifs is 1. The molecule has 5 rings (SSSR count). The van der Waals surface area contributed by atoms with Gasteiger partial charge in [0.05, 0.1) is 30.1 Å². The van der Waals surface area contributed by atoms with E-state index >= 15 is 0 Å². The number of aromatic nitrogens is 4. The molecule has 0 bridgehead atoms. The molecule has 1 saturated heterocycles. The van der Waals surface area contributed by atoms with Crippen LogP contribution in [0.1, 0.15) is 55.6 Å². The fourth-order valence-electron chi connectivity index (χ4n) is 4.59. The van der Waals surface area contributed by atoms with Gasteiger partial charge in [-0.05, 0) is 37.8 Å². The van der Waals surface area contributed by atoms with Crippen molar-refractivity contribution in [3.05, 3.63) is 58.5 Å². The average molecular weight is 406 g/mol. The van der Waals surface area contributed by atoms with Crippen molar-refractivity contribution in [2.75, 3.05) is 25.2 Å². The summed E-state index contributed by atoms with van der Waals surface area (Å²) in [6, 6.07) is 9.74. The Hall–Kier alpha value is -2.80. The van der Waals surface area contributed by atoms with E-state index in [1.165, 1.54) is 19.3 Å². The number of benzene rings is 1. The van der Waals surface area contributed by atoms with Gasteiger partial charge in [-0.1, -0.05) is 18.6 Å². The predicted octanol–water partition coefficient (Wildman–Crippen LogP) is 3.44. The first kappa shape index (κ1) is 19.2. The minimum absolute atomic E-state index is 0.00246. The van der Waals surface area contributed by atoms with Crippen molar-refractivity contribution < 1.29 is 4.74 Å². The highest BCUT2D eigenvalue weighted by Crippen LogP contribution is 2.38. The van der Waals surface area contributed by atoms with E-state index in [1.54, 1.807) is 18.0 Å². The van der Waals surface area contributed by atoms with Crippen LogP contribution in [0.3, 0.4) is 0 Å². The summed E-state index contributed by atoms with van der Waals surface area (Å²) in [5.41, 5.74) is 1.88. The summed E-state index contributed by atoms with van der Waals surface area (Å²) in [5.74, 6) is 2.30. The molecule has 0 radical (unpaired) electrons. The number of para-hydroxylation sites is 1. The van der Waals surface area contributed by atoms with Gasteiger partial charge in [-0.2, -0.15) is 0 Å². The van der Waals surface area contributed by atoms with Gasteiger partial charge in [-0.25, -0.2) is 15.0 Å². The maximum atomic E-state index is 13.3. The molecule has 3 aromatic rings. The Labute approximate surface area is 175 Å². The fraction of sp³-hybridized carbons (Fsp3) is 0.478. The molecule has 30 heavy (non-hydrogen) atoms. The first-order chi connectivity index (χ1) is 14.8. The largest absolute Gasteiger partial charge is 0.383 e. The van der Waals surface area contributed by atoms with Crippen LogP contribution in [0.4, 0.5) is 5.82 Å². The highest BCUT2D eigenvalue weighted by atomic mass is 16.5. The van der Waals surface area contributed by atoms with E-state index < -0.39 is 0 Å². The van der Waals surface area contributed by atoms with Crippen LogP contribution in [0.5, 0.6) is 0 Å². The smallest absolute Gasteiger partial charge is 0.261 e. The van der Waals surface area contributed by atoms with E-state index in [-0.39, 0.29) is 11.6 Å². The van der Waals surface area contributed by atoms with Crippen LogP contribution in [-0.4, -0.2) is 39.8 Å². The first-order valence-electron chi connectivity index (χ1n) is 10.8. The van der Waals surface area contributed by atoms with Crippen molar-refractivity contribution >= 4 is 16.7 Å². The summed E-state index contributed by atoms with van der Waals surface area (Å²) in [7, 11) is 1.66. The summed E-state index contributed by atoms with van der Waals surface area (Å²) in [5, 5.41) is 0.649. The van der Waals surface area contributed by atoms with Gasteiger partial charge < -0.3 is 9.64 Å². The van der Waals surface area contributed by atoms with Crippen molar-refractivity contribution in [3.8, 4) is 0 Å². The van der Waals surface area contributed by atoms with Crippen molar-refractivity contribution in [2.24, 2.45) is 0 Å². The molecule has 0 N–H and O–H groups in total. The molecular weight excluding hydrogens is 378 g/mol. The second-order valence-corrected chi connectivity index (χ2v) is 8.22. The second-order valence-electron chi connectivity index (χ2n) is 8.22. The zero-order chi connectivity index (χ0) is 20.5. The standard InChI is InChI=1S/C23H27N5O2/c1-30-13-12-28-22(26-18-9-3-2-8-17(18)23(28)29)20-10-5-11-27(20)21-14-19(24-15-25-21)16-6-4-7-16/h2-3,8-9,14-16,20H,4-7,10-13H2,1H3. The third-order valence-electron chi connectivity index (χ3n) is 6.45. The van der Waals surface area contributed by atoms with Crippen molar-refractivity contribution in [3.63, 3.8) is 0 Å². The van der Waals surface area contributed by atoms with E-state index in [2.05, 4.69) is 20.9 Å². The fourth-order valence-corrected chi connectivity index (χ4v) is 4.59. The summed E-state index contributed by atoms with van der Waals surface area (Å²) in [4.78, 5) is 29.6. The molecule has 1 aromatic carbocycles. The molecule has 2 fully saturated rings. The Morgan fingerprint density at radius 3 is 2.80 bits per heavy atom. The number of rotatable bonds is 6. The average Bonchev–Trinajstić information content (AvgIpc) is 3.22. The van der Waals surface area contributed by atoms with Crippen LogP contribution in [0, 0.1) is 0 Å². The van der Waals surface area contributed by atoms with Crippen molar-refractivity contribution in [1.82, 2.24) is 19.5 Å². The molecule has 0 amide bonds. The molecule has 1 saturated carbocycles. The zero-order valence-electron chi connectivity index (χ0n) is 17.3. The topological polar surface area (TPSA) is 73.1 Å². The third kappa shape index (κ3) is 3.37. The molecule has 2 aliphatic rings. The van der Waals surface area contributed by atoms with Crippen molar-refractivity contribution in [1.29, 1.82) is 0 Å². The van der Waals surface area contributed by atoms with Crippen LogP contribution < -0.4 is 10.5 Å². The molecule has 3 heterocycles. The quantitative estimate of drug-likeness (QED) is 0.625. The molecule has 156 valence electrons. The summed E-state index contributed by atoms with van der Waals surface area (Å²) >= 11 is 0. The molecule has 0 spiro atoms. The lowest BCUT2D eigenvalue weighted by molar-refractivity contribution is 0.184. The van der Waals surface area contributed by atoms with Crippen LogP contribution in [-0.2, 0) is 11.3 Å². The second kappa shape index (κ2) is 8.14. The highest BCUT2D eigenvalue weighted by molar-refractivity contribution is 5.77. The van der Waals surface area contributed by atoms with Gasteiger partial charge in [0.1, 0.15) is 18.0 Å². The number of anilines is 1. The molecule has 1 aliphatic heterocycles. The molecule has 1 unspecified atom stereocenters. The molecular formula is C23H27N5O2. The van der Waals surface area contributed by atoms with E-state index in [4.69, 9.17) is 9.72 Å². The maximum absolute atomic E-state index is 13.3. The Balaban J connectivity index is 1.57. The summed E-state index contributed by atoms with van der Waals surface area (Å²) < 4.78 is 7.08. The van der Waals surface area contributed by atoms with E-state index in [0.717, 1.165) is 42.2 Å². The van der Waals surface area contributed by atoms with Crippen LogP contribution >= 0.6 is 0 Å². The lowest BCUT2D eigenvalue weighted by Gasteiger charge is -2.29. The number of nitrogens with zero attached hydrogens (tertiary/aromatic N) is 5. The van der Waals surface area contributed by atoms with E-state index in [0.29, 0.717) is 24.5 Å². The Kier molecular flexibility index (Phi) is 5.21. The van der Waals surface area contributed by atoms with Gasteiger partial charge in [0.15, 0.2) is 0 Å². The number of methoxy groups -OCH3 is 1. The number of hydrogen-bond acceptors (Lipinski definition) is 6. The van der Waals surface area contributed by atoms with Gasteiger partial charge in [-0.15, -0.1) is 0 Å². The molecule has 7 heteroatoms. The normalized spacial score (nSPS) is 19.4. The number of ether oxygens (including phenoxy) is 1. The minimum Gasteiger partial charge on any atom is -0.383 e. The van der Waals surface area contributed by atoms with Gasteiger partial charge in [-0.3, -0.25) is 9.36 Å². The van der Waals surface area contributed by atoms with Gasteiger partial charge in [0.25, 0.3) is 5.56 Å². The van der Waals surface area contributed by atoms with E-state index in [9.17, 15) is 4.79 Å². The molecule has 1 aliphatic carbocycles. The Morgan fingerprint density at radius 1 is 1.13 bits per heavy atom. The maximum Gasteiger partial charge on any atom is 0.261 e. The van der Waals surface area contributed by atoms with Crippen LogP contribution in [0.25, 0.3) is 10.9 Å². The minimum atomic E-state index is -0.00246. The zero-order valence-corrected chi connectivity index (χ0v) is 17.3. The van der Waals surface area contributed by atoms with Crippen LogP contribution in [0.2, 0.25) is 0 Å². The van der Waals surface area contributed by atoms with Gasteiger partial charge in [0.2, 0.25) is 0 Å². The lowest BCUT2D eigenvalue weighted by atomic mass is 9.83. The third-order valence-corrected chi connectivity index (χ3v) is 6.45. The SMILES string of the molecule is COCCn1c(C2CCCN2c2cc(C3CCC3)ncn2)nc2ccccc2c1=O. The van der Waals surface area contributed by atoms with Gasteiger partial charge in [0, 0.05) is 31.3 Å². The Morgan fingerprint density at radius 2 is 2.00 bits per heavy atom. The first-order valence-corrected chi connectivity index (χ1v) is 10.8. The lowest BCUT2D eigenvalue weighted by Crippen LogP contribution is -2.33. The molecule has 7 nitrogen and oxygen atoms in total.